The van der Waals surface area contributed by atoms with E-state index in [9.17, 15) is 4.79 Å². The fourth-order valence-corrected chi connectivity index (χ4v) is 2.84. The molecule has 1 amide bonds. The Balaban J connectivity index is 1.67. The lowest BCUT2D eigenvalue weighted by Gasteiger charge is -2.36. The molecule has 1 spiro atoms. The highest BCUT2D eigenvalue weighted by Crippen LogP contribution is 2.36. The smallest absolute Gasteiger partial charge is 0.248 e. The normalized spacial score (nSPS) is 23.9. The van der Waals surface area contributed by atoms with Gasteiger partial charge in [0.25, 0.3) is 0 Å². The zero-order valence-corrected chi connectivity index (χ0v) is 12.7. The van der Waals surface area contributed by atoms with Crippen molar-refractivity contribution in [1.82, 2.24) is 5.32 Å². The lowest BCUT2D eigenvalue weighted by Crippen LogP contribution is -2.41. The van der Waals surface area contributed by atoms with Crippen molar-refractivity contribution < 1.29 is 19.0 Å². The van der Waals surface area contributed by atoms with Gasteiger partial charge in [0.15, 0.2) is 5.79 Å². The highest BCUT2D eigenvalue weighted by Gasteiger charge is 2.41. The maximum absolute atomic E-state index is 11.9. The van der Waals surface area contributed by atoms with Crippen molar-refractivity contribution >= 4 is 5.91 Å². The molecule has 1 atom stereocenters. The SMILES string of the molecule is CCCCNC(=O)C(C)OC1CCC2(CC1)OCCO2. The second-order valence-corrected chi connectivity index (χ2v) is 5.73. The summed E-state index contributed by atoms with van der Waals surface area (Å²) in [4.78, 5) is 11.9. The number of carbonyl (C=O) groups excluding carboxylic acids is 1. The summed E-state index contributed by atoms with van der Waals surface area (Å²) in [6.07, 6.45) is 5.37. The number of unbranched alkanes of at least 4 members (excludes halogenated alkanes) is 1. The van der Waals surface area contributed by atoms with Gasteiger partial charge in [0, 0.05) is 19.4 Å². The molecule has 5 heteroatoms. The van der Waals surface area contributed by atoms with Crippen LogP contribution in [0, 0.1) is 0 Å². The summed E-state index contributed by atoms with van der Waals surface area (Å²) in [5, 5.41) is 2.91. The van der Waals surface area contributed by atoms with Gasteiger partial charge in [-0.1, -0.05) is 13.3 Å². The van der Waals surface area contributed by atoms with Crippen molar-refractivity contribution in [3.63, 3.8) is 0 Å². The molecule has 116 valence electrons. The number of carbonyl (C=O) groups is 1. The third-order valence-electron chi connectivity index (χ3n) is 4.10. The molecule has 1 aliphatic heterocycles. The van der Waals surface area contributed by atoms with Crippen molar-refractivity contribution in [3.05, 3.63) is 0 Å². The van der Waals surface area contributed by atoms with E-state index < -0.39 is 0 Å². The maximum Gasteiger partial charge on any atom is 0.248 e. The molecule has 1 unspecified atom stereocenters. The van der Waals surface area contributed by atoms with Crippen molar-refractivity contribution in [2.75, 3.05) is 19.8 Å². The van der Waals surface area contributed by atoms with Gasteiger partial charge in [-0.3, -0.25) is 4.79 Å². The Morgan fingerprint density at radius 1 is 1.35 bits per heavy atom. The number of hydrogen-bond acceptors (Lipinski definition) is 4. The van der Waals surface area contributed by atoms with Gasteiger partial charge in [-0.25, -0.2) is 0 Å². The zero-order valence-electron chi connectivity index (χ0n) is 12.7. The summed E-state index contributed by atoms with van der Waals surface area (Å²) in [7, 11) is 0. The monoisotopic (exact) mass is 285 g/mol. The van der Waals surface area contributed by atoms with Crippen molar-refractivity contribution in [2.24, 2.45) is 0 Å². The van der Waals surface area contributed by atoms with Gasteiger partial charge >= 0.3 is 0 Å². The van der Waals surface area contributed by atoms with Crippen molar-refractivity contribution in [3.8, 4) is 0 Å². The lowest BCUT2D eigenvalue weighted by atomic mass is 9.91. The molecule has 0 bridgehead atoms. The highest BCUT2D eigenvalue weighted by molar-refractivity contribution is 5.80. The average Bonchev–Trinajstić information content (AvgIpc) is 2.90. The molecule has 0 aromatic rings. The third-order valence-corrected chi connectivity index (χ3v) is 4.10. The van der Waals surface area contributed by atoms with Crippen LogP contribution >= 0.6 is 0 Å². The fraction of sp³-hybridized carbons (Fsp3) is 0.933. The van der Waals surface area contributed by atoms with Crippen LogP contribution < -0.4 is 5.32 Å². The van der Waals surface area contributed by atoms with Crippen LogP contribution in [0.25, 0.3) is 0 Å². The van der Waals surface area contributed by atoms with E-state index in [-0.39, 0.29) is 23.9 Å². The van der Waals surface area contributed by atoms with Gasteiger partial charge in [0.2, 0.25) is 5.91 Å². The number of hydrogen-bond donors (Lipinski definition) is 1. The Kier molecular flexibility index (Phi) is 5.81. The average molecular weight is 285 g/mol. The molecule has 5 nitrogen and oxygen atoms in total. The van der Waals surface area contributed by atoms with Crippen molar-refractivity contribution in [1.29, 1.82) is 0 Å². The van der Waals surface area contributed by atoms with E-state index in [1.54, 1.807) is 0 Å². The minimum Gasteiger partial charge on any atom is -0.365 e. The van der Waals surface area contributed by atoms with Crippen LogP contribution in [0.2, 0.25) is 0 Å². The molecule has 0 aromatic carbocycles. The Bertz CT molecular complexity index is 305. The summed E-state index contributed by atoms with van der Waals surface area (Å²) in [6, 6.07) is 0. The van der Waals surface area contributed by atoms with Crippen LogP contribution in [0.15, 0.2) is 0 Å². The standard InChI is InChI=1S/C15H27NO4/c1-3-4-9-16-14(17)12(2)20-13-5-7-15(8-6-13)18-10-11-19-15/h12-13H,3-11H2,1-2H3,(H,16,17). The lowest BCUT2D eigenvalue weighted by molar-refractivity contribution is -0.195. The molecule has 0 aromatic heterocycles. The van der Waals surface area contributed by atoms with Crippen LogP contribution in [-0.4, -0.2) is 43.7 Å². The minimum absolute atomic E-state index is 0.00731. The molecule has 2 aliphatic rings. The topological polar surface area (TPSA) is 56.8 Å². The maximum atomic E-state index is 11.9. The van der Waals surface area contributed by atoms with Gasteiger partial charge in [-0.15, -0.1) is 0 Å². The number of rotatable bonds is 6. The first-order chi connectivity index (χ1) is 9.65. The Hall–Kier alpha value is -0.650. The molecular weight excluding hydrogens is 258 g/mol. The highest BCUT2D eigenvalue weighted by atomic mass is 16.7. The predicted molar refractivity (Wildman–Crippen MR) is 75.4 cm³/mol. The molecule has 1 saturated carbocycles. The molecule has 1 N–H and O–H groups in total. The third kappa shape index (κ3) is 4.17. The second-order valence-electron chi connectivity index (χ2n) is 5.73. The molecule has 20 heavy (non-hydrogen) atoms. The number of amides is 1. The summed E-state index contributed by atoms with van der Waals surface area (Å²) >= 11 is 0. The van der Waals surface area contributed by atoms with Gasteiger partial charge in [-0.2, -0.15) is 0 Å². The largest absolute Gasteiger partial charge is 0.365 e. The van der Waals surface area contributed by atoms with Crippen LogP contribution in [-0.2, 0) is 19.0 Å². The number of ether oxygens (including phenoxy) is 3. The predicted octanol–water partition coefficient (Wildman–Crippen LogP) is 1.99. The van der Waals surface area contributed by atoms with E-state index in [0.29, 0.717) is 13.2 Å². The van der Waals surface area contributed by atoms with E-state index in [4.69, 9.17) is 14.2 Å². The van der Waals surface area contributed by atoms with Gasteiger partial charge in [0.1, 0.15) is 6.10 Å². The molecule has 0 radical (unpaired) electrons. The minimum atomic E-state index is -0.378. The van der Waals surface area contributed by atoms with Crippen LogP contribution in [0.4, 0.5) is 0 Å². The quantitative estimate of drug-likeness (QED) is 0.758. The molecular formula is C15H27NO4. The van der Waals surface area contributed by atoms with Crippen LogP contribution in [0.3, 0.4) is 0 Å². The summed E-state index contributed by atoms with van der Waals surface area (Å²) in [5.74, 6) is -0.362. The molecule has 1 aliphatic carbocycles. The summed E-state index contributed by atoms with van der Waals surface area (Å²) in [6.45, 7) is 6.06. The summed E-state index contributed by atoms with van der Waals surface area (Å²) in [5.41, 5.74) is 0. The molecule has 1 saturated heterocycles. The van der Waals surface area contributed by atoms with Gasteiger partial charge < -0.3 is 19.5 Å². The van der Waals surface area contributed by atoms with E-state index in [0.717, 1.165) is 45.1 Å². The van der Waals surface area contributed by atoms with Gasteiger partial charge in [0.05, 0.1) is 19.3 Å². The number of nitrogens with one attached hydrogen (secondary N) is 1. The van der Waals surface area contributed by atoms with Crippen LogP contribution in [0.1, 0.15) is 52.4 Å². The van der Waals surface area contributed by atoms with Gasteiger partial charge in [-0.05, 0) is 26.2 Å². The molecule has 2 fully saturated rings. The second kappa shape index (κ2) is 7.38. The Morgan fingerprint density at radius 3 is 2.60 bits per heavy atom. The first kappa shape index (κ1) is 15.7. The van der Waals surface area contributed by atoms with Crippen LogP contribution in [0.5, 0.6) is 0 Å². The first-order valence-electron chi connectivity index (χ1n) is 7.86. The first-order valence-corrected chi connectivity index (χ1v) is 7.86. The summed E-state index contributed by atoms with van der Waals surface area (Å²) < 4.78 is 17.2. The molecule has 1 heterocycles. The van der Waals surface area contributed by atoms with E-state index in [1.807, 2.05) is 6.92 Å². The van der Waals surface area contributed by atoms with E-state index >= 15 is 0 Å². The van der Waals surface area contributed by atoms with E-state index in [1.165, 1.54) is 0 Å². The van der Waals surface area contributed by atoms with E-state index in [2.05, 4.69) is 12.2 Å². The van der Waals surface area contributed by atoms with Crippen molar-refractivity contribution in [2.45, 2.75) is 70.4 Å². The Labute approximate surface area is 121 Å². The zero-order chi connectivity index (χ0) is 14.4. The Morgan fingerprint density at radius 2 is 2.00 bits per heavy atom. The molecule has 2 rings (SSSR count). The fourth-order valence-electron chi connectivity index (χ4n) is 2.84.